The Morgan fingerprint density at radius 2 is 2.26 bits per heavy atom. The van der Waals surface area contributed by atoms with Gasteiger partial charge in [0.2, 0.25) is 0 Å². The molecular formula is C14H17N5. The first kappa shape index (κ1) is 11.9. The fourth-order valence-corrected chi connectivity index (χ4v) is 2.24. The van der Waals surface area contributed by atoms with E-state index in [0.717, 1.165) is 26.1 Å². The Morgan fingerprint density at radius 1 is 1.26 bits per heavy atom. The molecule has 0 bridgehead atoms. The van der Waals surface area contributed by atoms with Gasteiger partial charge in [0, 0.05) is 31.0 Å². The molecule has 5 nitrogen and oxygen atoms in total. The zero-order chi connectivity index (χ0) is 12.9. The Bertz CT molecular complexity index is 626. The zero-order valence-corrected chi connectivity index (χ0v) is 10.7. The number of benzene rings is 1. The van der Waals surface area contributed by atoms with Crippen LogP contribution in [-0.2, 0) is 13.1 Å². The van der Waals surface area contributed by atoms with Crippen LogP contribution in [0.4, 0.5) is 0 Å². The van der Waals surface area contributed by atoms with Crippen LogP contribution in [-0.4, -0.2) is 26.5 Å². The van der Waals surface area contributed by atoms with Crippen molar-refractivity contribution in [1.82, 2.24) is 25.3 Å². The van der Waals surface area contributed by atoms with E-state index in [9.17, 15) is 0 Å². The molecule has 0 fully saturated rings. The number of aryl methyl sites for hydroxylation is 1. The van der Waals surface area contributed by atoms with Gasteiger partial charge in [0.15, 0.2) is 0 Å². The molecule has 0 aliphatic heterocycles. The largest absolute Gasteiger partial charge is 0.361 e. The summed E-state index contributed by atoms with van der Waals surface area (Å²) in [6.45, 7) is 2.76. The fourth-order valence-electron chi connectivity index (χ4n) is 2.24. The van der Waals surface area contributed by atoms with Crippen molar-refractivity contribution in [1.29, 1.82) is 0 Å². The van der Waals surface area contributed by atoms with Gasteiger partial charge in [-0.15, -0.1) is 5.10 Å². The van der Waals surface area contributed by atoms with Crippen molar-refractivity contribution >= 4 is 10.9 Å². The van der Waals surface area contributed by atoms with E-state index in [1.807, 2.05) is 17.1 Å². The summed E-state index contributed by atoms with van der Waals surface area (Å²) < 4.78 is 1.85. The molecule has 2 heterocycles. The van der Waals surface area contributed by atoms with Gasteiger partial charge < -0.3 is 10.3 Å². The van der Waals surface area contributed by atoms with Crippen molar-refractivity contribution in [2.75, 3.05) is 6.54 Å². The van der Waals surface area contributed by atoms with Crippen LogP contribution in [0.5, 0.6) is 0 Å². The highest BCUT2D eigenvalue weighted by atomic mass is 15.4. The number of para-hydroxylation sites is 1. The molecule has 98 valence electrons. The lowest BCUT2D eigenvalue weighted by molar-refractivity contribution is 0.530. The van der Waals surface area contributed by atoms with Gasteiger partial charge in [-0.3, -0.25) is 4.68 Å². The molecule has 0 saturated carbocycles. The van der Waals surface area contributed by atoms with Gasteiger partial charge in [0.25, 0.3) is 0 Å². The third-order valence-electron chi connectivity index (χ3n) is 3.20. The minimum absolute atomic E-state index is 0.884. The summed E-state index contributed by atoms with van der Waals surface area (Å²) in [4.78, 5) is 3.29. The lowest BCUT2D eigenvalue weighted by Gasteiger charge is -2.06. The Hall–Kier alpha value is -2.14. The van der Waals surface area contributed by atoms with Crippen LogP contribution in [0.1, 0.15) is 12.0 Å². The van der Waals surface area contributed by atoms with Crippen LogP contribution in [0, 0.1) is 0 Å². The highest BCUT2D eigenvalue weighted by Gasteiger charge is 2.00. The SMILES string of the molecule is c1cc(CNCCCn2ccnn2)c2[nH]ccc2c1. The summed E-state index contributed by atoms with van der Waals surface area (Å²) in [6, 6.07) is 8.48. The maximum absolute atomic E-state index is 3.94. The number of aromatic amines is 1. The van der Waals surface area contributed by atoms with Gasteiger partial charge in [-0.1, -0.05) is 23.4 Å². The van der Waals surface area contributed by atoms with Gasteiger partial charge in [-0.2, -0.15) is 0 Å². The average Bonchev–Trinajstić information content (AvgIpc) is 3.09. The van der Waals surface area contributed by atoms with Crippen LogP contribution in [0.25, 0.3) is 10.9 Å². The maximum Gasteiger partial charge on any atom is 0.0692 e. The van der Waals surface area contributed by atoms with Crippen molar-refractivity contribution in [3.8, 4) is 0 Å². The van der Waals surface area contributed by atoms with Gasteiger partial charge in [0.1, 0.15) is 0 Å². The Kier molecular flexibility index (Phi) is 3.56. The lowest BCUT2D eigenvalue weighted by atomic mass is 10.1. The molecule has 0 aliphatic rings. The molecule has 0 saturated heterocycles. The quantitative estimate of drug-likeness (QED) is 0.662. The second-order valence-electron chi connectivity index (χ2n) is 4.56. The van der Waals surface area contributed by atoms with E-state index in [4.69, 9.17) is 0 Å². The molecule has 0 unspecified atom stereocenters. The average molecular weight is 255 g/mol. The van der Waals surface area contributed by atoms with Crippen LogP contribution in [0.3, 0.4) is 0 Å². The first-order valence-electron chi connectivity index (χ1n) is 6.53. The minimum atomic E-state index is 0.884. The Morgan fingerprint density at radius 3 is 3.16 bits per heavy atom. The van der Waals surface area contributed by atoms with E-state index >= 15 is 0 Å². The van der Waals surface area contributed by atoms with Gasteiger partial charge in [0.05, 0.1) is 6.20 Å². The van der Waals surface area contributed by atoms with E-state index in [1.54, 1.807) is 6.20 Å². The van der Waals surface area contributed by atoms with E-state index < -0.39 is 0 Å². The summed E-state index contributed by atoms with van der Waals surface area (Å²) in [7, 11) is 0. The highest BCUT2D eigenvalue weighted by Crippen LogP contribution is 2.16. The second kappa shape index (κ2) is 5.67. The van der Waals surface area contributed by atoms with Gasteiger partial charge >= 0.3 is 0 Å². The molecular weight excluding hydrogens is 238 g/mol. The van der Waals surface area contributed by atoms with E-state index in [-0.39, 0.29) is 0 Å². The first-order chi connectivity index (χ1) is 9.43. The van der Waals surface area contributed by atoms with Crippen molar-refractivity contribution in [3.63, 3.8) is 0 Å². The van der Waals surface area contributed by atoms with Crippen LogP contribution < -0.4 is 5.32 Å². The van der Waals surface area contributed by atoms with Crippen molar-refractivity contribution in [3.05, 3.63) is 48.4 Å². The maximum atomic E-state index is 3.94. The molecule has 0 radical (unpaired) electrons. The monoisotopic (exact) mass is 255 g/mol. The number of aromatic nitrogens is 4. The summed E-state index contributed by atoms with van der Waals surface area (Å²) >= 11 is 0. The number of nitrogens with one attached hydrogen (secondary N) is 2. The number of H-pyrrole nitrogens is 1. The molecule has 3 rings (SSSR count). The molecule has 0 atom stereocenters. The zero-order valence-electron chi connectivity index (χ0n) is 10.7. The molecule has 2 N–H and O–H groups in total. The topological polar surface area (TPSA) is 58.5 Å². The van der Waals surface area contributed by atoms with Crippen LogP contribution in [0.15, 0.2) is 42.9 Å². The van der Waals surface area contributed by atoms with Gasteiger partial charge in [-0.05, 0) is 30.0 Å². The number of fused-ring (bicyclic) bond motifs is 1. The Labute approximate surface area is 111 Å². The number of hydrogen-bond donors (Lipinski definition) is 2. The van der Waals surface area contributed by atoms with E-state index in [2.05, 4.69) is 44.9 Å². The lowest BCUT2D eigenvalue weighted by Crippen LogP contribution is -2.17. The van der Waals surface area contributed by atoms with E-state index in [0.29, 0.717) is 0 Å². The fraction of sp³-hybridized carbons (Fsp3) is 0.286. The number of nitrogens with zero attached hydrogens (tertiary/aromatic N) is 3. The smallest absolute Gasteiger partial charge is 0.0692 e. The summed E-state index contributed by atoms with van der Waals surface area (Å²) in [5.74, 6) is 0. The summed E-state index contributed by atoms with van der Waals surface area (Å²) in [5.41, 5.74) is 2.54. The molecule has 1 aromatic carbocycles. The predicted octanol–water partition coefficient (Wildman–Crippen LogP) is 1.94. The summed E-state index contributed by atoms with van der Waals surface area (Å²) in [5, 5.41) is 12.5. The molecule has 0 spiro atoms. The third-order valence-corrected chi connectivity index (χ3v) is 3.20. The molecule has 0 amide bonds. The molecule has 3 aromatic rings. The van der Waals surface area contributed by atoms with Gasteiger partial charge in [-0.25, -0.2) is 0 Å². The van der Waals surface area contributed by atoms with Crippen molar-refractivity contribution in [2.24, 2.45) is 0 Å². The molecule has 19 heavy (non-hydrogen) atoms. The van der Waals surface area contributed by atoms with Crippen molar-refractivity contribution < 1.29 is 0 Å². The highest BCUT2D eigenvalue weighted by molar-refractivity contribution is 5.82. The van der Waals surface area contributed by atoms with E-state index in [1.165, 1.54) is 16.5 Å². The normalized spacial score (nSPS) is 11.2. The first-order valence-corrected chi connectivity index (χ1v) is 6.53. The Balaban J connectivity index is 1.48. The molecule has 2 aromatic heterocycles. The predicted molar refractivity (Wildman–Crippen MR) is 74.6 cm³/mol. The molecule has 0 aliphatic carbocycles. The summed E-state index contributed by atoms with van der Waals surface area (Å²) in [6.07, 6.45) is 6.63. The minimum Gasteiger partial charge on any atom is -0.361 e. The van der Waals surface area contributed by atoms with Crippen molar-refractivity contribution in [2.45, 2.75) is 19.5 Å². The molecule has 5 heteroatoms. The standard InChI is InChI=1S/C14H17N5/c1-3-12-5-7-16-14(12)13(4-1)11-15-6-2-9-19-10-8-17-18-19/h1,3-5,7-8,10,15-16H,2,6,9,11H2. The second-order valence-corrected chi connectivity index (χ2v) is 4.56. The van der Waals surface area contributed by atoms with Crippen LogP contribution in [0.2, 0.25) is 0 Å². The number of hydrogen-bond acceptors (Lipinski definition) is 3. The number of rotatable bonds is 6. The third kappa shape index (κ3) is 2.82. The van der Waals surface area contributed by atoms with Crippen LogP contribution >= 0.6 is 0 Å².